The van der Waals surface area contributed by atoms with Crippen LogP contribution in [0.2, 0.25) is 0 Å². The molecule has 0 spiro atoms. The van der Waals surface area contributed by atoms with E-state index in [1.165, 1.54) is 44.9 Å². The number of rotatable bonds is 15. The van der Waals surface area contributed by atoms with Crippen molar-refractivity contribution in [3.05, 3.63) is 84.4 Å². The first-order chi connectivity index (χ1) is 17.8. The Labute approximate surface area is 214 Å². The highest BCUT2D eigenvalue weighted by Crippen LogP contribution is 2.26. The Bertz CT molecular complexity index is 1140. The first-order valence-corrected chi connectivity index (χ1v) is 13.2. The fourth-order valence-electron chi connectivity index (χ4n) is 4.02. The van der Waals surface area contributed by atoms with Crippen molar-refractivity contribution in [3.8, 4) is 34.3 Å². The number of hydrogen-bond donors (Lipinski definition) is 0. The van der Waals surface area contributed by atoms with Crippen LogP contribution in [0.5, 0.6) is 11.5 Å². The zero-order chi connectivity index (χ0) is 24.8. The van der Waals surface area contributed by atoms with Crippen LogP contribution in [-0.4, -0.2) is 16.7 Å². The second-order valence-electron chi connectivity index (χ2n) is 9.07. The Hall–Kier alpha value is -3.60. The molecule has 0 aliphatic carbocycles. The van der Waals surface area contributed by atoms with Crippen molar-refractivity contribution >= 4 is 0 Å². The van der Waals surface area contributed by atoms with E-state index in [1.807, 2.05) is 78.9 Å². The van der Waals surface area contributed by atoms with Gasteiger partial charge in [0, 0.05) is 11.1 Å². The molecule has 0 N–H and O–H groups in total. The molecule has 0 aliphatic rings. The van der Waals surface area contributed by atoms with E-state index in [2.05, 4.69) is 17.1 Å². The fourth-order valence-corrected chi connectivity index (χ4v) is 4.02. The summed E-state index contributed by atoms with van der Waals surface area (Å²) in [4.78, 5) is 4.57. The minimum atomic E-state index is 0.490. The Morgan fingerprint density at radius 2 is 1.25 bits per heavy atom. The van der Waals surface area contributed by atoms with E-state index < -0.39 is 0 Å². The van der Waals surface area contributed by atoms with Crippen molar-refractivity contribution in [1.29, 1.82) is 0 Å². The monoisotopic (exact) mass is 484 g/mol. The minimum absolute atomic E-state index is 0.490. The van der Waals surface area contributed by atoms with Crippen molar-refractivity contribution in [1.82, 2.24) is 10.1 Å². The Morgan fingerprint density at radius 1 is 0.639 bits per heavy atom. The summed E-state index contributed by atoms with van der Waals surface area (Å²) >= 11 is 0. The highest BCUT2D eigenvalue weighted by atomic mass is 16.5. The van der Waals surface area contributed by atoms with E-state index in [9.17, 15) is 0 Å². The summed E-state index contributed by atoms with van der Waals surface area (Å²) < 4.78 is 17.3. The van der Waals surface area contributed by atoms with Gasteiger partial charge in [-0.15, -0.1) is 0 Å². The first-order valence-electron chi connectivity index (χ1n) is 13.2. The summed E-state index contributed by atoms with van der Waals surface area (Å²) in [5, 5.41) is 4.15. The van der Waals surface area contributed by atoms with Gasteiger partial charge in [0.25, 0.3) is 5.89 Å². The van der Waals surface area contributed by atoms with Gasteiger partial charge in [0.05, 0.1) is 6.61 Å². The van der Waals surface area contributed by atoms with Gasteiger partial charge in [-0.25, -0.2) is 0 Å². The highest BCUT2D eigenvalue weighted by molar-refractivity contribution is 5.60. The second kappa shape index (κ2) is 14.1. The first kappa shape index (κ1) is 25.5. The lowest BCUT2D eigenvalue weighted by molar-refractivity contribution is 0.304. The van der Waals surface area contributed by atoms with E-state index in [-0.39, 0.29) is 0 Å². The van der Waals surface area contributed by atoms with E-state index in [4.69, 9.17) is 14.0 Å². The van der Waals surface area contributed by atoms with Crippen LogP contribution in [0.1, 0.15) is 63.9 Å². The molecule has 3 aromatic carbocycles. The second-order valence-corrected chi connectivity index (χ2v) is 9.07. The number of hydrogen-bond acceptors (Lipinski definition) is 5. The number of unbranched alkanes of at least 4 members (excludes halogenated alkanes) is 7. The summed E-state index contributed by atoms with van der Waals surface area (Å²) in [7, 11) is 0. The van der Waals surface area contributed by atoms with Gasteiger partial charge in [-0.1, -0.05) is 87.4 Å². The summed E-state index contributed by atoms with van der Waals surface area (Å²) in [6, 6.07) is 25.7. The molecule has 36 heavy (non-hydrogen) atoms. The Morgan fingerprint density at radius 3 is 1.94 bits per heavy atom. The SMILES string of the molecule is CCCCCCCCCCOc1ccc(-c2nc(-c3ccc(OCc4ccccc4)cc3)no2)cc1. The summed E-state index contributed by atoms with van der Waals surface area (Å²) in [5.41, 5.74) is 2.88. The molecule has 0 bridgehead atoms. The lowest BCUT2D eigenvalue weighted by atomic mass is 10.1. The molecule has 5 heteroatoms. The van der Waals surface area contributed by atoms with Crippen LogP contribution < -0.4 is 9.47 Å². The number of benzene rings is 3. The van der Waals surface area contributed by atoms with Crippen LogP contribution in [0, 0.1) is 0 Å². The lowest BCUT2D eigenvalue weighted by Crippen LogP contribution is -1.97. The van der Waals surface area contributed by atoms with Gasteiger partial charge in [0.2, 0.25) is 5.82 Å². The summed E-state index contributed by atoms with van der Waals surface area (Å²) in [6.45, 7) is 3.54. The van der Waals surface area contributed by atoms with Crippen LogP contribution in [0.4, 0.5) is 0 Å². The highest BCUT2D eigenvalue weighted by Gasteiger charge is 2.11. The fraction of sp³-hybridized carbons (Fsp3) is 0.355. The maximum Gasteiger partial charge on any atom is 0.258 e. The van der Waals surface area contributed by atoms with Crippen molar-refractivity contribution in [2.24, 2.45) is 0 Å². The van der Waals surface area contributed by atoms with Crippen molar-refractivity contribution in [2.75, 3.05) is 6.61 Å². The van der Waals surface area contributed by atoms with Crippen LogP contribution in [0.15, 0.2) is 83.4 Å². The molecule has 0 atom stereocenters. The van der Waals surface area contributed by atoms with Crippen LogP contribution in [-0.2, 0) is 6.61 Å². The van der Waals surface area contributed by atoms with Crippen molar-refractivity contribution in [2.45, 2.75) is 64.9 Å². The molecule has 0 fully saturated rings. The van der Waals surface area contributed by atoms with Crippen LogP contribution in [0.3, 0.4) is 0 Å². The number of aromatic nitrogens is 2. The van der Waals surface area contributed by atoms with Gasteiger partial charge in [-0.2, -0.15) is 4.98 Å². The Kier molecular flexibility index (Phi) is 9.97. The van der Waals surface area contributed by atoms with Crippen LogP contribution >= 0.6 is 0 Å². The van der Waals surface area contributed by atoms with E-state index >= 15 is 0 Å². The molecule has 0 unspecified atom stereocenters. The van der Waals surface area contributed by atoms with E-state index in [0.717, 1.165) is 41.2 Å². The van der Waals surface area contributed by atoms with Gasteiger partial charge in [0.1, 0.15) is 18.1 Å². The molecular weight excluding hydrogens is 448 g/mol. The third-order valence-corrected chi connectivity index (χ3v) is 6.15. The quantitative estimate of drug-likeness (QED) is 0.158. The zero-order valence-electron chi connectivity index (χ0n) is 21.2. The molecule has 188 valence electrons. The molecule has 0 aliphatic heterocycles. The van der Waals surface area contributed by atoms with Gasteiger partial charge in [0.15, 0.2) is 0 Å². The normalized spacial score (nSPS) is 10.9. The van der Waals surface area contributed by atoms with Gasteiger partial charge in [-0.05, 0) is 60.5 Å². The topological polar surface area (TPSA) is 57.4 Å². The van der Waals surface area contributed by atoms with Gasteiger partial charge in [-0.3, -0.25) is 0 Å². The van der Waals surface area contributed by atoms with Gasteiger partial charge < -0.3 is 14.0 Å². The van der Waals surface area contributed by atoms with Crippen LogP contribution in [0.25, 0.3) is 22.8 Å². The number of ether oxygens (including phenoxy) is 2. The molecule has 4 rings (SSSR count). The van der Waals surface area contributed by atoms with Gasteiger partial charge >= 0.3 is 0 Å². The predicted molar refractivity (Wildman–Crippen MR) is 144 cm³/mol. The third-order valence-electron chi connectivity index (χ3n) is 6.15. The molecule has 0 saturated heterocycles. The maximum absolute atomic E-state index is 5.90. The third kappa shape index (κ3) is 7.98. The zero-order valence-corrected chi connectivity index (χ0v) is 21.2. The lowest BCUT2D eigenvalue weighted by Gasteiger charge is -2.06. The molecule has 5 nitrogen and oxygen atoms in total. The molecular formula is C31H36N2O3. The van der Waals surface area contributed by atoms with E-state index in [0.29, 0.717) is 18.3 Å². The molecule has 4 aromatic rings. The number of nitrogens with zero attached hydrogens (tertiary/aromatic N) is 2. The molecule has 0 amide bonds. The summed E-state index contributed by atoms with van der Waals surface area (Å²) in [6.07, 6.45) is 10.4. The smallest absolute Gasteiger partial charge is 0.258 e. The average Bonchev–Trinajstić information content (AvgIpc) is 3.43. The van der Waals surface area contributed by atoms with Crippen molar-refractivity contribution in [3.63, 3.8) is 0 Å². The largest absolute Gasteiger partial charge is 0.494 e. The molecule has 0 saturated carbocycles. The molecule has 1 heterocycles. The maximum atomic E-state index is 5.90. The predicted octanol–water partition coefficient (Wildman–Crippen LogP) is 8.50. The standard InChI is InChI=1S/C31H36N2O3/c1-2-3-4-5-6-7-8-12-23-34-28-21-17-27(18-22-28)31-32-30(33-36-31)26-15-19-29(20-16-26)35-24-25-13-10-9-11-14-25/h9-11,13-22H,2-8,12,23-24H2,1H3. The minimum Gasteiger partial charge on any atom is -0.494 e. The average molecular weight is 485 g/mol. The Balaban J connectivity index is 1.21. The molecule has 1 aromatic heterocycles. The summed E-state index contributed by atoms with van der Waals surface area (Å²) in [5.74, 6) is 2.71. The molecule has 0 radical (unpaired) electrons. The van der Waals surface area contributed by atoms with E-state index in [1.54, 1.807) is 0 Å². The van der Waals surface area contributed by atoms with Crippen molar-refractivity contribution < 1.29 is 14.0 Å².